The number of aromatic amines is 1. The number of hydrogen-bond donors (Lipinski definition) is 2. The number of aryl methyl sites for hydroxylation is 1. The lowest BCUT2D eigenvalue weighted by Gasteiger charge is -1.93. The van der Waals surface area contributed by atoms with Gasteiger partial charge in [-0.25, -0.2) is 4.98 Å². The Morgan fingerprint density at radius 3 is 2.93 bits per heavy atom. The molecule has 0 radical (unpaired) electrons. The Morgan fingerprint density at radius 1 is 1.64 bits per heavy atom. The summed E-state index contributed by atoms with van der Waals surface area (Å²) in [6.07, 6.45) is 4.59. The number of H-pyrrole nitrogens is 1. The molecule has 0 aliphatic heterocycles. The molecule has 2 aromatic heterocycles. The van der Waals surface area contributed by atoms with Crippen molar-refractivity contribution in [3.8, 4) is 0 Å². The zero-order valence-corrected chi connectivity index (χ0v) is 7.56. The largest absolute Gasteiger partial charge is 0.383 e. The first kappa shape index (κ1) is 8.49. The van der Waals surface area contributed by atoms with Crippen molar-refractivity contribution in [1.82, 2.24) is 19.7 Å². The maximum Gasteiger partial charge on any atom is 0.218 e. The Kier molecular flexibility index (Phi) is 1.81. The van der Waals surface area contributed by atoms with Gasteiger partial charge in [-0.05, 0) is 0 Å². The quantitative estimate of drug-likeness (QED) is 0.651. The van der Waals surface area contributed by atoms with Crippen LogP contribution in [-0.4, -0.2) is 25.5 Å². The Labute approximate surface area is 79.8 Å². The smallest absolute Gasteiger partial charge is 0.218 e. The molecule has 0 aliphatic carbocycles. The van der Waals surface area contributed by atoms with Crippen LogP contribution >= 0.6 is 0 Å². The Balaban J connectivity index is 2.38. The van der Waals surface area contributed by atoms with Crippen LogP contribution in [0.25, 0.3) is 0 Å². The summed E-state index contributed by atoms with van der Waals surface area (Å²) in [5, 5.41) is 6.17. The predicted molar refractivity (Wildman–Crippen MR) is 49.6 cm³/mol. The van der Waals surface area contributed by atoms with E-state index in [0.717, 1.165) is 0 Å². The molecule has 0 saturated heterocycles. The number of hydrogen-bond acceptors (Lipinski definition) is 4. The molecule has 0 atom stereocenters. The van der Waals surface area contributed by atoms with Crippen molar-refractivity contribution < 1.29 is 4.79 Å². The third kappa shape index (κ3) is 1.26. The lowest BCUT2D eigenvalue weighted by Crippen LogP contribution is -2.03. The Hall–Kier alpha value is -2.11. The van der Waals surface area contributed by atoms with Crippen LogP contribution in [0, 0.1) is 0 Å². The summed E-state index contributed by atoms with van der Waals surface area (Å²) in [7, 11) is 1.79. The molecular formula is C8H9N5O. The van der Waals surface area contributed by atoms with Gasteiger partial charge in [0.15, 0.2) is 0 Å². The number of nitrogen functional groups attached to an aromatic ring is 1. The third-order valence-corrected chi connectivity index (χ3v) is 1.85. The van der Waals surface area contributed by atoms with E-state index in [1.54, 1.807) is 24.1 Å². The molecule has 3 N–H and O–H groups in total. The van der Waals surface area contributed by atoms with Crippen molar-refractivity contribution in [2.75, 3.05) is 5.73 Å². The highest BCUT2D eigenvalue weighted by Gasteiger charge is 2.15. The minimum absolute atomic E-state index is 0.225. The molecule has 0 fully saturated rings. The van der Waals surface area contributed by atoms with E-state index in [1.165, 1.54) is 6.20 Å². The third-order valence-electron chi connectivity index (χ3n) is 1.85. The van der Waals surface area contributed by atoms with Gasteiger partial charge >= 0.3 is 0 Å². The first-order valence-electron chi connectivity index (χ1n) is 4.00. The van der Waals surface area contributed by atoms with Gasteiger partial charge in [0, 0.05) is 13.2 Å². The molecule has 2 heterocycles. The number of aromatic nitrogens is 4. The van der Waals surface area contributed by atoms with Crippen molar-refractivity contribution in [2.45, 2.75) is 0 Å². The van der Waals surface area contributed by atoms with Crippen molar-refractivity contribution >= 4 is 11.6 Å². The fourth-order valence-electron chi connectivity index (χ4n) is 1.15. The van der Waals surface area contributed by atoms with E-state index < -0.39 is 0 Å². The number of nitrogens with two attached hydrogens (primary N) is 1. The van der Waals surface area contributed by atoms with E-state index in [2.05, 4.69) is 15.2 Å². The highest BCUT2D eigenvalue weighted by atomic mass is 16.1. The SMILES string of the molecule is Cn1cnc(C(=O)c2cn[nH]c2N)c1. The van der Waals surface area contributed by atoms with Gasteiger partial charge in [0.1, 0.15) is 11.5 Å². The lowest BCUT2D eigenvalue weighted by molar-refractivity contribution is 0.103. The predicted octanol–water partition coefficient (Wildman–Crippen LogP) is -0.0436. The molecule has 14 heavy (non-hydrogen) atoms. The van der Waals surface area contributed by atoms with E-state index in [1.807, 2.05) is 0 Å². The molecule has 0 unspecified atom stereocenters. The summed E-state index contributed by atoms with van der Waals surface area (Å²) in [4.78, 5) is 15.7. The lowest BCUT2D eigenvalue weighted by atomic mass is 10.2. The molecule has 6 heteroatoms. The van der Waals surface area contributed by atoms with Gasteiger partial charge in [-0.1, -0.05) is 0 Å². The van der Waals surface area contributed by atoms with Gasteiger partial charge in [0.05, 0.1) is 18.1 Å². The second-order valence-electron chi connectivity index (χ2n) is 2.95. The topological polar surface area (TPSA) is 89.6 Å². The van der Waals surface area contributed by atoms with Crippen LogP contribution in [0.1, 0.15) is 16.1 Å². The highest BCUT2D eigenvalue weighted by Crippen LogP contribution is 2.11. The second-order valence-corrected chi connectivity index (χ2v) is 2.95. The zero-order chi connectivity index (χ0) is 10.1. The first-order valence-corrected chi connectivity index (χ1v) is 4.00. The van der Waals surface area contributed by atoms with Crippen LogP contribution < -0.4 is 5.73 Å². The fraction of sp³-hybridized carbons (Fsp3) is 0.125. The summed E-state index contributed by atoms with van der Waals surface area (Å²) < 4.78 is 1.70. The van der Waals surface area contributed by atoms with Crippen molar-refractivity contribution in [2.24, 2.45) is 7.05 Å². The first-order chi connectivity index (χ1) is 6.68. The summed E-state index contributed by atoms with van der Waals surface area (Å²) >= 11 is 0. The molecule has 0 amide bonds. The molecule has 0 bridgehead atoms. The number of ketones is 1. The summed E-state index contributed by atoms with van der Waals surface area (Å²) in [5.74, 6) is 0.0394. The highest BCUT2D eigenvalue weighted by molar-refractivity contribution is 6.10. The monoisotopic (exact) mass is 191 g/mol. The van der Waals surface area contributed by atoms with Gasteiger partial charge in [0.2, 0.25) is 5.78 Å². The number of anilines is 1. The van der Waals surface area contributed by atoms with E-state index in [0.29, 0.717) is 11.3 Å². The zero-order valence-electron chi connectivity index (χ0n) is 7.56. The van der Waals surface area contributed by atoms with Gasteiger partial charge in [-0.3, -0.25) is 9.89 Å². The molecular weight excluding hydrogens is 182 g/mol. The van der Waals surface area contributed by atoms with Crippen LogP contribution in [-0.2, 0) is 7.05 Å². The van der Waals surface area contributed by atoms with Crippen LogP contribution in [0.4, 0.5) is 5.82 Å². The maximum atomic E-state index is 11.7. The molecule has 0 aromatic carbocycles. The number of carbonyl (C=O) groups is 1. The molecule has 2 aromatic rings. The van der Waals surface area contributed by atoms with E-state index in [9.17, 15) is 4.79 Å². The normalized spacial score (nSPS) is 10.4. The summed E-state index contributed by atoms with van der Waals surface area (Å²) in [6, 6.07) is 0. The number of nitrogens with zero attached hydrogens (tertiary/aromatic N) is 3. The standard InChI is InChI=1S/C8H9N5O/c1-13-3-6(10-4-13)7(14)5-2-11-12-8(5)9/h2-4H,1H3,(H3,9,11,12). The number of imidazole rings is 1. The van der Waals surface area contributed by atoms with Gasteiger partial charge in [0.25, 0.3) is 0 Å². The minimum atomic E-state index is -0.225. The maximum absolute atomic E-state index is 11.7. The number of rotatable bonds is 2. The molecule has 0 aliphatic rings. The molecule has 6 nitrogen and oxygen atoms in total. The van der Waals surface area contributed by atoms with Crippen molar-refractivity contribution in [3.05, 3.63) is 30.0 Å². The second kappa shape index (κ2) is 2.99. The van der Waals surface area contributed by atoms with Crippen molar-refractivity contribution in [3.63, 3.8) is 0 Å². The molecule has 2 rings (SSSR count). The van der Waals surface area contributed by atoms with E-state index in [-0.39, 0.29) is 11.6 Å². The average Bonchev–Trinajstić information content (AvgIpc) is 2.73. The fourth-order valence-corrected chi connectivity index (χ4v) is 1.15. The molecule has 72 valence electrons. The molecule has 0 spiro atoms. The number of carbonyl (C=O) groups excluding carboxylic acids is 1. The molecule has 0 saturated carbocycles. The van der Waals surface area contributed by atoms with Crippen LogP contribution in [0.3, 0.4) is 0 Å². The van der Waals surface area contributed by atoms with Gasteiger partial charge in [-0.2, -0.15) is 5.10 Å². The van der Waals surface area contributed by atoms with Gasteiger partial charge in [-0.15, -0.1) is 0 Å². The van der Waals surface area contributed by atoms with Gasteiger partial charge < -0.3 is 10.3 Å². The minimum Gasteiger partial charge on any atom is -0.383 e. The summed E-state index contributed by atoms with van der Waals surface area (Å²) in [5.41, 5.74) is 6.22. The van der Waals surface area contributed by atoms with E-state index in [4.69, 9.17) is 5.73 Å². The van der Waals surface area contributed by atoms with Crippen molar-refractivity contribution in [1.29, 1.82) is 0 Å². The van der Waals surface area contributed by atoms with Crippen LogP contribution in [0.2, 0.25) is 0 Å². The summed E-state index contributed by atoms with van der Waals surface area (Å²) in [6.45, 7) is 0. The van der Waals surface area contributed by atoms with E-state index >= 15 is 0 Å². The Morgan fingerprint density at radius 2 is 2.43 bits per heavy atom. The van der Waals surface area contributed by atoms with Crippen LogP contribution in [0.15, 0.2) is 18.7 Å². The van der Waals surface area contributed by atoms with Crippen LogP contribution in [0.5, 0.6) is 0 Å². The Bertz CT molecular complexity index is 470. The number of nitrogens with one attached hydrogen (secondary N) is 1. The average molecular weight is 191 g/mol.